The van der Waals surface area contributed by atoms with Gasteiger partial charge in [-0.1, -0.05) is 15.9 Å². The number of nitrogens with zero attached hydrogens (tertiary/aromatic N) is 1. The van der Waals surface area contributed by atoms with Gasteiger partial charge in [-0.05, 0) is 36.8 Å². The van der Waals surface area contributed by atoms with Gasteiger partial charge in [0.1, 0.15) is 5.01 Å². The molecule has 86 valence electrons. The Morgan fingerprint density at radius 1 is 1.24 bits per heavy atom. The Kier molecular flexibility index (Phi) is 2.69. The number of thiophene rings is 1. The molecule has 0 unspecified atom stereocenters. The van der Waals surface area contributed by atoms with E-state index in [0.29, 0.717) is 0 Å². The van der Waals surface area contributed by atoms with Crippen LogP contribution in [0.25, 0.3) is 20.1 Å². The summed E-state index contributed by atoms with van der Waals surface area (Å²) >= 11 is 6.77. The number of fused-ring (bicyclic) bond motifs is 1. The summed E-state index contributed by atoms with van der Waals surface area (Å²) in [6, 6.07) is 8.18. The molecule has 0 bridgehead atoms. The Hall–Kier alpha value is -0.910. The lowest BCUT2D eigenvalue weighted by Gasteiger charge is -1.90. The highest BCUT2D eigenvalue weighted by Gasteiger charge is 2.11. The minimum Gasteiger partial charge on any atom is -0.391 e. The first-order valence-corrected chi connectivity index (χ1v) is 7.48. The van der Waals surface area contributed by atoms with Gasteiger partial charge in [0.05, 0.1) is 20.1 Å². The maximum absolute atomic E-state index is 5.82. The van der Waals surface area contributed by atoms with Crippen LogP contribution in [0.4, 0.5) is 5.00 Å². The number of hydrogen-bond donors (Lipinski definition) is 1. The van der Waals surface area contributed by atoms with E-state index in [-0.39, 0.29) is 0 Å². The van der Waals surface area contributed by atoms with Crippen molar-refractivity contribution in [2.75, 3.05) is 5.73 Å². The summed E-state index contributed by atoms with van der Waals surface area (Å²) in [5.74, 6) is 0. The fourth-order valence-corrected chi connectivity index (χ4v) is 4.09. The first-order chi connectivity index (χ1) is 8.13. The summed E-state index contributed by atoms with van der Waals surface area (Å²) < 4.78 is 2.26. The highest BCUT2D eigenvalue weighted by atomic mass is 79.9. The zero-order chi connectivity index (χ0) is 12.0. The van der Waals surface area contributed by atoms with E-state index < -0.39 is 0 Å². The van der Waals surface area contributed by atoms with Gasteiger partial charge in [0.2, 0.25) is 0 Å². The van der Waals surface area contributed by atoms with E-state index in [9.17, 15) is 0 Å². The fourth-order valence-electron chi connectivity index (χ4n) is 1.72. The Morgan fingerprint density at radius 2 is 2.06 bits per heavy atom. The van der Waals surface area contributed by atoms with Crippen molar-refractivity contribution in [2.24, 2.45) is 0 Å². The maximum atomic E-state index is 5.82. The second-order valence-electron chi connectivity index (χ2n) is 3.79. The molecule has 0 aliphatic rings. The van der Waals surface area contributed by atoms with Crippen molar-refractivity contribution < 1.29 is 0 Å². The third-order valence-electron chi connectivity index (χ3n) is 2.48. The maximum Gasteiger partial charge on any atom is 0.134 e. The number of benzene rings is 1. The van der Waals surface area contributed by atoms with Gasteiger partial charge in [0.15, 0.2) is 0 Å². The number of nitrogen functional groups attached to an aromatic ring is 1. The van der Waals surface area contributed by atoms with Crippen molar-refractivity contribution in [2.45, 2.75) is 6.92 Å². The van der Waals surface area contributed by atoms with Crippen LogP contribution in [0.2, 0.25) is 0 Å². The van der Waals surface area contributed by atoms with Crippen LogP contribution >= 0.6 is 38.6 Å². The van der Waals surface area contributed by atoms with Crippen molar-refractivity contribution in [3.05, 3.63) is 34.3 Å². The van der Waals surface area contributed by atoms with E-state index in [0.717, 1.165) is 20.0 Å². The zero-order valence-electron chi connectivity index (χ0n) is 9.03. The summed E-state index contributed by atoms with van der Waals surface area (Å²) in [6.45, 7) is 2.07. The molecular weight excluding hydrogens is 316 g/mol. The topological polar surface area (TPSA) is 38.9 Å². The van der Waals surface area contributed by atoms with Crippen LogP contribution in [0.3, 0.4) is 0 Å². The number of aromatic nitrogens is 1. The molecule has 0 radical (unpaired) electrons. The van der Waals surface area contributed by atoms with Crippen molar-refractivity contribution in [3.8, 4) is 9.88 Å². The van der Waals surface area contributed by atoms with Crippen LogP contribution in [0.15, 0.2) is 28.7 Å². The lowest BCUT2D eigenvalue weighted by atomic mass is 10.3. The molecule has 5 heteroatoms. The molecule has 2 N–H and O–H groups in total. The van der Waals surface area contributed by atoms with Gasteiger partial charge in [-0.3, -0.25) is 0 Å². The van der Waals surface area contributed by atoms with Crippen molar-refractivity contribution in [1.82, 2.24) is 4.98 Å². The van der Waals surface area contributed by atoms with Crippen LogP contribution in [0.5, 0.6) is 0 Å². The van der Waals surface area contributed by atoms with Crippen LogP contribution in [-0.4, -0.2) is 4.98 Å². The standard InChI is InChI=1S/C12H9BrN2S2/c1-6-4-10(14)17-11(6)12-15-8-5-7(13)2-3-9(8)16-12/h2-5H,14H2,1H3. The van der Waals surface area contributed by atoms with Crippen molar-refractivity contribution in [3.63, 3.8) is 0 Å². The predicted octanol–water partition coefficient (Wildman–Crippen LogP) is 4.68. The van der Waals surface area contributed by atoms with Crippen molar-refractivity contribution >= 4 is 53.8 Å². The summed E-state index contributed by atoms with van der Waals surface area (Å²) in [5.41, 5.74) is 8.06. The first kappa shape index (κ1) is 11.2. The normalized spacial score (nSPS) is 11.2. The molecule has 0 fully saturated rings. The number of halogens is 1. The summed E-state index contributed by atoms with van der Waals surface area (Å²) in [4.78, 5) is 5.84. The first-order valence-electron chi connectivity index (χ1n) is 5.06. The minimum absolute atomic E-state index is 0.845. The monoisotopic (exact) mass is 324 g/mol. The minimum atomic E-state index is 0.845. The summed E-state index contributed by atoms with van der Waals surface area (Å²) in [7, 11) is 0. The number of thiazole rings is 1. The molecule has 0 saturated carbocycles. The molecule has 1 aromatic carbocycles. The number of anilines is 1. The van der Waals surface area contributed by atoms with Gasteiger partial charge in [-0.25, -0.2) is 4.98 Å². The lowest BCUT2D eigenvalue weighted by Crippen LogP contribution is -1.73. The second-order valence-corrected chi connectivity index (χ2v) is 6.82. The molecule has 0 spiro atoms. The van der Waals surface area contributed by atoms with Crippen LogP contribution in [0.1, 0.15) is 5.56 Å². The molecule has 0 amide bonds. The average molecular weight is 325 g/mol. The third-order valence-corrected chi connectivity index (χ3v) is 5.23. The Labute approximate surface area is 115 Å². The van der Waals surface area contributed by atoms with E-state index in [1.807, 2.05) is 18.2 Å². The van der Waals surface area contributed by atoms with Crippen LogP contribution < -0.4 is 5.73 Å². The second kappa shape index (κ2) is 4.08. The Morgan fingerprint density at radius 3 is 2.76 bits per heavy atom. The number of hydrogen-bond acceptors (Lipinski definition) is 4. The molecular formula is C12H9BrN2S2. The van der Waals surface area contributed by atoms with E-state index in [4.69, 9.17) is 5.73 Å². The van der Waals surface area contributed by atoms with Gasteiger partial charge >= 0.3 is 0 Å². The fraction of sp³-hybridized carbons (Fsp3) is 0.0833. The lowest BCUT2D eigenvalue weighted by molar-refractivity contribution is 1.46. The Bertz CT molecular complexity index is 700. The summed E-state index contributed by atoms with van der Waals surface area (Å²) in [6.07, 6.45) is 0. The van der Waals surface area contributed by atoms with Gasteiger partial charge in [-0.15, -0.1) is 22.7 Å². The molecule has 3 aromatic rings. The average Bonchev–Trinajstić information content (AvgIpc) is 2.80. The van der Waals surface area contributed by atoms with E-state index in [2.05, 4.69) is 33.9 Å². The molecule has 0 saturated heterocycles. The zero-order valence-corrected chi connectivity index (χ0v) is 12.2. The van der Waals surface area contributed by atoms with E-state index in [1.165, 1.54) is 15.1 Å². The predicted molar refractivity (Wildman–Crippen MR) is 79.8 cm³/mol. The highest BCUT2D eigenvalue weighted by molar-refractivity contribution is 9.10. The molecule has 3 rings (SSSR count). The van der Waals surface area contributed by atoms with Crippen molar-refractivity contribution in [1.29, 1.82) is 0 Å². The Balaban J connectivity index is 2.21. The molecule has 2 heterocycles. The number of rotatable bonds is 1. The van der Waals surface area contributed by atoms with E-state index in [1.54, 1.807) is 22.7 Å². The van der Waals surface area contributed by atoms with Gasteiger partial charge in [0, 0.05) is 4.47 Å². The van der Waals surface area contributed by atoms with Gasteiger partial charge in [0.25, 0.3) is 0 Å². The van der Waals surface area contributed by atoms with Crippen LogP contribution in [0, 0.1) is 6.92 Å². The SMILES string of the molecule is Cc1cc(N)sc1-c1nc2cc(Br)ccc2s1. The summed E-state index contributed by atoms with van der Waals surface area (Å²) in [5, 5.41) is 1.90. The molecule has 2 aromatic heterocycles. The molecule has 17 heavy (non-hydrogen) atoms. The number of nitrogens with two attached hydrogens (primary N) is 1. The highest BCUT2D eigenvalue weighted by Crippen LogP contribution is 2.38. The van der Waals surface area contributed by atoms with Gasteiger partial charge in [-0.2, -0.15) is 0 Å². The largest absolute Gasteiger partial charge is 0.391 e. The quantitative estimate of drug-likeness (QED) is 0.706. The number of aryl methyl sites for hydroxylation is 1. The molecule has 0 atom stereocenters. The molecule has 2 nitrogen and oxygen atoms in total. The van der Waals surface area contributed by atoms with Crippen LogP contribution in [-0.2, 0) is 0 Å². The molecule has 0 aliphatic carbocycles. The van der Waals surface area contributed by atoms with Gasteiger partial charge < -0.3 is 5.73 Å². The third kappa shape index (κ3) is 1.99. The smallest absolute Gasteiger partial charge is 0.134 e. The van der Waals surface area contributed by atoms with E-state index >= 15 is 0 Å². The molecule has 0 aliphatic heterocycles.